The van der Waals surface area contributed by atoms with Crippen molar-refractivity contribution in [2.45, 2.75) is 35.2 Å². The van der Waals surface area contributed by atoms with Gasteiger partial charge in [-0.1, -0.05) is 17.8 Å². The van der Waals surface area contributed by atoms with Gasteiger partial charge in [-0.2, -0.15) is 15.5 Å². The fraction of sp³-hybridized carbons (Fsp3) is 0.273. The average Bonchev–Trinajstić information content (AvgIpc) is 3.47. The lowest BCUT2D eigenvalue weighted by molar-refractivity contribution is 0.145. The van der Waals surface area contributed by atoms with Crippen molar-refractivity contribution in [1.29, 1.82) is 5.26 Å². The van der Waals surface area contributed by atoms with Gasteiger partial charge in [0.2, 0.25) is 0 Å². The molecule has 0 aliphatic carbocycles. The number of nitrogens with zero attached hydrogens (tertiary/aromatic N) is 6. The Morgan fingerprint density at radius 1 is 1.19 bits per heavy atom. The minimum absolute atomic E-state index is 0.279. The van der Waals surface area contributed by atoms with E-state index in [1.165, 1.54) is 24.0 Å². The quantitative estimate of drug-likeness (QED) is 0.482. The predicted octanol–water partition coefficient (Wildman–Crippen LogP) is 4.48. The highest BCUT2D eigenvalue weighted by Gasteiger charge is 2.18. The van der Waals surface area contributed by atoms with Gasteiger partial charge in [-0.15, -0.1) is 0 Å². The lowest BCUT2D eigenvalue weighted by atomic mass is 10.1. The molecule has 0 aromatic carbocycles. The molecule has 162 valence electrons. The molecule has 4 aromatic rings. The standard InChI is InChI=1S/C22H19F2N7S/c23-22(24)18-4-1-5-20(29-18)32-19-7-14(12-31-21(19)15(8-25)9-28-31)16-10-27-30(13-16)17-3-2-6-26-11-17/h1,4-5,7,9-10,12-13,17,22,26H,2-3,6,11H2/t17-/m0/s1. The Bertz CT molecular complexity index is 1300. The molecule has 5 heterocycles. The van der Waals surface area contributed by atoms with E-state index in [9.17, 15) is 14.0 Å². The zero-order valence-corrected chi connectivity index (χ0v) is 17.8. The minimum atomic E-state index is -2.65. The second kappa shape index (κ2) is 8.68. The summed E-state index contributed by atoms with van der Waals surface area (Å²) < 4.78 is 29.8. The number of piperidine rings is 1. The van der Waals surface area contributed by atoms with Crippen molar-refractivity contribution in [2.75, 3.05) is 13.1 Å². The van der Waals surface area contributed by atoms with Gasteiger partial charge in [0.25, 0.3) is 6.43 Å². The molecule has 7 nitrogen and oxygen atoms in total. The number of nitrogens with one attached hydrogen (secondary N) is 1. The normalized spacial score (nSPS) is 16.5. The Morgan fingerprint density at radius 3 is 2.88 bits per heavy atom. The van der Waals surface area contributed by atoms with Gasteiger partial charge in [-0.25, -0.2) is 18.3 Å². The summed E-state index contributed by atoms with van der Waals surface area (Å²) in [4.78, 5) is 4.77. The van der Waals surface area contributed by atoms with Crippen LogP contribution >= 0.6 is 11.8 Å². The summed E-state index contributed by atoms with van der Waals surface area (Å²) in [6, 6.07) is 8.93. The second-order valence-corrected chi connectivity index (χ2v) is 8.63. The van der Waals surface area contributed by atoms with Gasteiger partial charge in [0.15, 0.2) is 0 Å². The van der Waals surface area contributed by atoms with E-state index >= 15 is 0 Å². The number of rotatable bonds is 5. The first-order chi connectivity index (χ1) is 15.6. The first-order valence-electron chi connectivity index (χ1n) is 10.2. The van der Waals surface area contributed by atoms with Gasteiger partial charge in [0.1, 0.15) is 16.8 Å². The predicted molar refractivity (Wildman–Crippen MR) is 116 cm³/mol. The van der Waals surface area contributed by atoms with Crippen LogP contribution in [-0.2, 0) is 0 Å². The third kappa shape index (κ3) is 3.97. The number of halogens is 2. The lowest BCUT2D eigenvalue weighted by Gasteiger charge is -2.22. The zero-order valence-electron chi connectivity index (χ0n) is 16.9. The van der Waals surface area contributed by atoms with Gasteiger partial charge >= 0.3 is 0 Å². The molecule has 0 bridgehead atoms. The number of pyridine rings is 2. The molecule has 1 saturated heterocycles. The number of hydrogen-bond donors (Lipinski definition) is 1. The van der Waals surface area contributed by atoms with E-state index in [1.807, 2.05) is 29.3 Å². The zero-order chi connectivity index (χ0) is 22.1. The molecule has 5 rings (SSSR count). The molecule has 10 heteroatoms. The van der Waals surface area contributed by atoms with E-state index in [1.54, 1.807) is 16.6 Å². The van der Waals surface area contributed by atoms with Crippen LogP contribution in [0, 0.1) is 11.3 Å². The van der Waals surface area contributed by atoms with Crippen LogP contribution in [0.3, 0.4) is 0 Å². The van der Waals surface area contributed by atoms with Crippen molar-refractivity contribution >= 4 is 17.3 Å². The van der Waals surface area contributed by atoms with E-state index in [4.69, 9.17) is 0 Å². The van der Waals surface area contributed by atoms with Crippen LogP contribution in [0.1, 0.15) is 36.6 Å². The third-order valence-corrected chi connectivity index (χ3v) is 6.43. The van der Waals surface area contributed by atoms with E-state index < -0.39 is 6.43 Å². The van der Waals surface area contributed by atoms with E-state index in [0.29, 0.717) is 27.0 Å². The van der Waals surface area contributed by atoms with Gasteiger partial charge in [-0.05, 0) is 37.6 Å². The van der Waals surface area contributed by atoms with Crippen molar-refractivity contribution in [3.05, 3.63) is 60.3 Å². The fourth-order valence-electron chi connectivity index (χ4n) is 3.87. The largest absolute Gasteiger partial charge is 0.315 e. The smallest absolute Gasteiger partial charge is 0.280 e. The van der Waals surface area contributed by atoms with Crippen LogP contribution in [0.4, 0.5) is 8.78 Å². The number of fused-ring (bicyclic) bond motifs is 1. The highest BCUT2D eigenvalue weighted by Crippen LogP contribution is 2.35. The number of nitriles is 1. The fourth-order valence-corrected chi connectivity index (χ4v) is 4.88. The van der Waals surface area contributed by atoms with Crippen LogP contribution in [0.25, 0.3) is 16.6 Å². The molecule has 32 heavy (non-hydrogen) atoms. The maximum absolute atomic E-state index is 13.1. The highest BCUT2D eigenvalue weighted by molar-refractivity contribution is 7.99. The van der Waals surface area contributed by atoms with Gasteiger partial charge in [-0.3, -0.25) is 4.68 Å². The molecule has 0 spiro atoms. The number of aromatic nitrogens is 5. The van der Waals surface area contributed by atoms with Crippen LogP contribution < -0.4 is 5.32 Å². The summed E-state index contributed by atoms with van der Waals surface area (Å²) >= 11 is 1.23. The molecular formula is C22H19F2N7S. The third-order valence-electron chi connectivity index (χ3n) is 5.46. The van der Waals surface area contributed by atoms with Crippen molar-refractivity contribution < 1.29 is 8.78 Å². The van der Waals surface area contributed by atoms with Crippen molar-refractivity contribution in [3.8, 4) is 17.2 Å². The first kappa shape index (κ1) is 20.6. The molecule has 1 atom stereocenters. The van der Waals surface area contributed by atoms with Gasteiger partial charge < -0.3 is 5.32 Å². The molecular weight excluding hydrogens is 432 g/mol. The molecule has 1 aliphatic heterocycles. The van der Waals surface area contributed by atoms with Gasteiger partial charge in [0.05, 0.1) is 29.5 Å². The topological polar surface area (TPSA) is 83.8 Å². The highest BCUT2D eigenvalue weighted by atomic mass is 32.2. The summed E-state index contributed by atoms with van der Waals surface area (Å²) in [5.74, 6) is 0. The van der Waals surface area contributed by atoms with Crippen molar-refractivity contribution in [3.63, 3.8) is 0 Å². The summed E-state index contributed by atoms with van der Waals surface area (Å²) in [5.41, 5.74) is 2.54. The van der Waals surface area contributed by atoms with Crippen molar-refractivity contribution in [1.82, 2.24) is 29.7 Å². The summed E-state index contributed by atoms with van der Waals surface area (Å²) in [6.45, 7) is 1.92. The Balaban J connectivity index is 1.55. The van der Waals surface area contributed by atoms with Crippen LogP contribution in [-0.4, -0.2) is 37.5 Å². The van der Waals surface area contributed by atoms with Gasteiger partial charge in [0, 0.05) is 35.0 Å². The number of hydrogen-bond acceptors (Lipinski definition) is 6. The molecule has 1 N–H and O–H groups in total. The molecule has 1 aliphatic rings. The van der Waals surface area contributed by atoms with Crippen LogP contribution in [0.15, 0.2) is 59.0 Å². The molecule has 0 radical (unpaired) electrons. The average molecular weight is 452 g/mol. The second-order valence-electron chi connectivity index (χ2n) is 7.57. The van der Waals surface area contributed by atoms with Crippen LogP contribution in [0.2, 0.25) is 0 Å². The van der Waals surface area contributed by atoms with E-state index in [2.05, 4.69) is 26.6 Å². The number of alkyl halides is 2. The maximum atomic E-state index is 13.1. The molecule has 4 aromatic heterocycles. The van der Waals surface area contributed by atoms with Crippen LogP contribution in [0.5, 0.6) is 0 Å². The van der Waals surface area contributed by atoms with E-state index in [0.717, 1.165) is 37.1 Å². The molecule has 0 unspecified atom stereocenters. The Labute approximate surface area is 187 Å². The first-order valence-corrected chi connectivity index (χ1v) is 11.0. The Morgan fingerprint density at radius 2 is 2.09 bits per heavy atom. The lowest BCUT2D eigenvalue weighted by Crippen LogP contribution is -2.31. The summed E-state index contributed by atoms with van der Waals surface area (Å²) in [6.07, 6.45) is 6.72. The summed E-state index contributed by atoms with van der Waals surface area (Å²) in [5, 5.41) is 22.2. The molecule has 1 fully saturated rings. The summed E-state index contributed by atoms with van der Waals surface area (Å²) in [7, 11) is 0. The SMILES string of the molecule is N#Cc1cnn2cc(-c3cnn([C@H]4CCCNC4)c3)cc(Sc3cccc(C(F)F)n3)c12. The maximum Gasteiger partial charge on any atom is 0.280 e. The Hall–Kier alpha value is -3.29. The van der Waals surface area contributed by atoms with Crippen molar-refractivity contribution in [2.24, 2.45) is 0 Å². The Kier molecular flexibility index (Phi) is 5.59. The molecule has 0 saturated carbocycles. The van der Waals surface area contributed by atoms with E-state index in [-0.39, 0.29) is 5.69 Å². The minimum Gasteiger partial charge on any atom is -0.315 e. The molecule has 0 amide bonds. The monoisotopic (exact) mass is 451 g/mol.